The largest absolute Gasteiger partial charge is 0.478 e. The van der Waals surface area contributed by atoms with Gasteiger partial charge in [0.2, 0.25) is 13.8 Å². The number of carbonyl (C=O) groups excluding carboxylic acids is 2. The summed E-state index contributed by atoms with van der Waals surface area (Å²) in [6.45, 7) is -1.29. The van der Waals surface area contributed by atoms with E-state index >= 15 is 0 Å². The predicted molar refractivity (Wildman–Crippen MR) is 81.0 cm³/mol. The van der Waals surface area contributed by atoms with Gasteiger partial charge in [0.15, 0.2) is 0 Å². The standard InChI is InChI=1S/C8H8Cl6N2O6/c9-7(10,11)1-21-5(19)15-3(4(17)18)16-6(20)22-2-8(12,13)14/h3H,1-2H2,(H,15,19)(H,16,20)(H,17,18). The second kappa shape index (κ2) is 9.14. The lowest BCUT2D eigenvalue weighted by molar-refractivity contribution is -0.140. The zero-order valence-electron chi connectivity index (χ0n) is 10.2. The molecule has 14 heteroatoms. The molecular weight excluding hydrogens is 433 g/mol. The number of halogens is 6. The molecule has 0 saturated carbocycles. The first kappa shape index (κ1) is 21.8. The van der Waals surface area contributed by atoms with Crippen LogP contribution in [0.1, 0.15) is 0 Å². The fourth-order valence-electron chi connectivity index (χ4n) is 0.773. The van der Waals surface area contributed by atoms with Gasteiger partial charge in [-0.3, -0.25) is 10.6 Å². The number of carbonyl (C=O) groups is 3. The normalized spacial score (nSPS) is 11.8. The number of alkyl halides is 6. The fraction of sp³-hybridized carbons (Fsp3) is 0.625. The van der Waals surface area contributed by atoms with E-state index in [1.807, 2.05) is 0 Å². The summed E-state index contributed by atoms with van der Waals surface area (Å²) in [4.78, 5) is 33.4. The number of alkyl carbamates (subject to hydrolysis) is 2. The van der Waals surface area contributed by atoms with Crippen molar-refractivity contribution in [3.63, 3.8) is 0 Å². The van der Waals surface area contributed by atoms with Gasteiger partial charge in [0.25, 0.3) is 0 Å². The van der Waals surface area contributed by atoms with E-state index in [0.717, 1.165) is 0 Å². The lowest BCUT2D eigenvalue weighted by Crippen LogP contribution is -2.53. The molecular formula is C8H8Cl6N2O6. The maximum Gasteiger partial charge on any atom is 0.409 e. The second-order valence-electron chi connectivity index (χ2n) is 3.44. The minimum absolute atomic E-state index is 0.645. The topological polar surface area (TPSA) is 114 Å². The van der Waals surface area contributed by atoms with Crippen molar-refractivity contribution < 1.29 is 29.0 Å². The van der Waals surface area contributed by atoms with Crippen molar-refractivity contribution in [3.05, 3.63) is 0 Å². The molecule has 128 valence electrons. The van der Waals surface area contributed by atoms with Crippen molar-refractivity contribution in [2.24, 2.45) is 0 Å². The smallest absolute Gasteiger partial charge is 0.409 e. The lowest BCUT2D eigenvalue weighted by Gasteiger charge is -2.18. The zero-order chi connectivity index (χ0) is 17.6. The van der Waals surface area contributed by atoms with Crippen LogP contribution in [0.3, 0.4) is 0 Å². The van der Waals surface area contributed by atoms with Gasteiger partial charge in [-0.25, -0.2) is 14.4 Å². The monoisotopic (exact) mass is 438 g/mol. The minimum Gasteiger partial charge on any atom is -0.478 e. The predicted octanol–water partition coefficient (Wildman–Crippen LogP) is 2.59. The maximum absolute atomic E-state index is 11.3. The van der Waals surface area contributed by atoms with Crippen molar-refractivity contribution >= 4 is 87.8 Å². The summed E-state index contributed by atoms with van der Waals surface area (Å²) in [7, 11) is 0. The molecule has 8 nitrogen and oxygen atoms in total. The third kappa shape index (κ3) is 12.3. The van der Waals surface area contributed by atoms with Crippen LogP contribution in [0.5, 0.6) is 0 Å². The Bertz CT molecular complexity index is 390. The van der Waals surface area contributed by atoms with Crippen molar-refractivity contribution in [2.45, 2.75) is 13.8 Å². The summed E-state index contributed by atoms with van der Waals surface area (Å²) < 4.78 is 5.07. The lowest BCUT2D eigenvalue weighted by atomic mass is 10.5. The molecule has 0 unspecified atom stereocenters. The molecule has 0 rings (SSSR count). The van der Waals surface area contributed by atoms with E-state index in [1.54, 1.807) is 10.6 Å². The van der Waals surface area contributed by atoms with Crippen molar-refractivity contribution in [1.29, 1.82) is 0 Å². The Labute approximate surface area is 154 Å². The van der Waals surface area contributed by atoms with Crippen LogP contribution >= 0.6 is 69.6 Å². The average molecular weight is 441 g/mol. The molecule has 0 aromatic carbocycles. The van der Waals surface area contributed by atoms with E-state index in [4.69, 9.17) is 74.7 Å². The van der Waals surface area contributed by atoms with E-state index in [-0.39, 0.29) is 0 Å². The molecule has 0 fully saturated rings. The Morgan fingerprint density at radius 2 is 1.18 bits per heavy atom. The summed E-state index contributed by atoms with van der Waals surface area (Å²) in [6.07, 6.45) is -4.41. The molecule has 2 amide bonds. The van der Waals surface area contributed by atoms with E-state index in [2.05, 4.69) is 9.47 Å². The third-order valence-electron chi connectivity index (χ3n) is 1.51. The van der Waals surface area contributed by atoms with Crippen LogP contribution in [0.25, 0.3) is 0 Å². The van der Waals surface area contributed by atoms with Gasteiger partial charge < -0.3 is 14.6 Å². The number of hydrogen-bond acceptors (Lipinski definition) is 5. The third-order valence-corrected chi connectivity index (χ3v) is 2.16. The molecule has 3 N–H and O–H groups in total. The van der Waals surface area contributed by atoms with Gasteiger partial charge in [-0.2, -0.15) is 0 Å². The number of carboxylic acids is 1. The van der Waals surface area contributed by atoms with Gasteiger partial charge in [0.1, 0.15) is 13.2 Å². The molecule has 0 aliphatic heterocycles. The summed E-state index contributed by atoms with van der Waals surface area (Å²) in [5.74, 6) is -1.63. The minimum atomic E-state index is -1.88. The molecule has 0 aliphatic rings. The van der Waals surface area contributed by atoms with Crippen molar-refractivity contribution in [1.82, 2.24) is 10.6 Å². The van der Waals surface area contributed by atoms with Gasteiger partial charge in [-0.05, 0) is 0 Å². The number of rotatable bonds is 5. The Morgan fingerprint density at radius 3 is 1.41 bits per heavy atom. The average Bonchev–Trinajstić information content (AvgIpc) is 2.31. The molecule has 22 heavy (non-hydrogen) atoms. The molecule has 0 saturated heterocycles. The van der Waals surface area contributed by atoms with E-state index in [0.29, 0.717) is 0 Å². The van der Waals surface area contributed by atoms with Crippen molar-refractivity contribution in [3.8, 4) is 0 Å². The first-order valence-corrected chi connectivity index (χ1v) is 7.30. The van der Waals surface area contributed by atoms with Gasteiger partial charge in [0.05, 0.1) is 0 Å². The zero-order valence-corrected chi connectivity index (χ0v) is 14.8. The van der Waals surface area contributed by atoms with Gasteiger partial charge in [-0.15, -0.1) is 0 Å². The van der Waals surface area contributed by atoms with Crippen LogP contribution in [-0.4, -0.2) is 50.2 Å². The number of aliphatic carboxylic acids is 1. The number of hydrogen-bond donors (Lipinski definition) is 3. The molecule has 0 aromatic rings. The summed E-state index contributed by atoms with van der Waals surface area (Å²) in [5, 5.41) is 12.4. The van der Waals surface area contributed by atoms with Crippen molar-refractivity contribution in [2.75, 3.05) is 13.2 Å². The highest BCUT2D eigenvalue weighted by molar-refractivity contribution is 6.68. The first-order valence-electron chi connectivity index (χ1n) is 5.03. The molecule has 0 aromatic heterocycles. The Kier molecular flexibility index (Phi) is 9.04. The van der Waals surface area contributed by atoms with Gasteiger partial charge in [-0.1, -0.05) is 69.6 Å². The fourth-order valence-corrected chi connectivity index (χ4v) is 1.10. The summed E-state index contributed by atoms with van der Waals surface area (Å²) >= 11 is 32.0. The van der Waals surface area contributed by atoms with Crippen LogP contribution in [0.2, 0.25) is 0 Å². The van der Waals surface area contributed by atoms with Crippen LogP contribution in [0, 0.1) is 0 Å². The summed E-state index contributed by atoms with van der Waals surface area (Å²) in [5.41, 5.74) is 0. The van der Waals surface area contributed by atoms with E-state index in [9.17, 15) is 14.4 Å². The maximum atomic E-state index is 11.3. The van der Waals surface area contributed by atoms with E-state index < -0.39 is 45.1 Å². The first-order chi connectivity index (χ1) is 9.80. The molecule has 0 aliphatic carbocycles. The van der Waals surface area contributed by atoms with Gasteiger partial charge >= 0.3 is 18.2 Å². The van der Waals surface area contributed by atoms with Crippen LogP contribution in [-0.2, 0) is 14.3 Å². The second-order valence-corrected chi connectivity index (χ2v) is 8.47. The number of carboxylic acid groups (broad SMARTS) is 1. The molecule has 0 atom stereocenters. The quantitative estimate of drug-likeness (QED) is 0.447. The number of nitrogens with one attached hydrogen (secondary N) is 2. The highest BCUT2D eigenvalue weighted by Crippen LogP contribution is 2.26. The van der Waals surface area contributed by atoms with Crippen LogP contribution in [0.4, 0.5) is 9.59 Å². The SMILES string of the molecule is O=C(NC(NC(=O)OCC(Cl)(Cl)Cl)C(=O)O)OCC(Cl)(Cl)Cl. The van der Waals surface area contributed by atoms with E-state index in [1.165, 1.54) is 0 Å². The number of amides is 2. The van der Waals surface area contributed by atoms with Crippen LogP contribution in [0.15, 0.2) is 0 Å². The highest BCUT2D eigenvalue weighted by Gasteiger charge is 2.28. The van der Waals surface area contributed by atoms with Gasteiger partial charge in [0, 0.05) is 0 Å². The van der Waals surface area contributed by atoms with Crippen LogP contribution < -0.4 is 10.6 Å². The molecule has 0 spiro atoms. The molecule has 0 radical (unpaired) electrons. The Balaban J connectivity index is 4.40. The molecule has 0 heterocycles. The molecule has 0 bridgehead atoms. The highest BCUT2D eigenvalue weighted by atomic mass is 35.6. The number of ether oxygens (including phenoxy) is 2. The Morgan fingerprint density at radius 1 is 0.864 bits per heavy atom. The summed E-state index contributed by atoms with van der Waals surface area (Å²) in [6, 6.07) is 0. The Hall–Kier alpha value is -0.250.